The van der Waals surface area contributed by atoms with Crippen molar-refractivity contribution < 1.29 is 19.4 Å². The Kier molecular flexibility index (Phi) is 4.06. The van der Waals surface area contributed by atoms with E-state index < -0.39 is 11.5 Å². The van der Waals surface area contributed by atoms with E-state index in [0.29, 0.717) is 31.9 Å². The Morgan fingerprint density at radius 2 is 2.06 bits per heavy atom. The maximum atomic E-state index is 11.7. The fourth-order valence-corrected chi connectivity index (χ4v) is 2.61. The quantitative estimate of drug-likeness (QED) is 0.691. The van der Waals surface area contributed by atoms with Crippen molar-refractivity contribution in [3.63, 3.8) is 0 Å². The summed E-state index contributed by atoms with van der Waals surface area (Å²) in [6.45, 7) is 1.96. The molecule has 2 amide bonds. The smallest absolute Gasteiger partial charge is 0.329 e. The van der Waals surface area contributed by atoms with Crippen LogP contribution < -0.4 is 10.6 Å². The van der Waals surface area contributed by atoms with Crippen LogP contribution in [0.15, 0.2) is 0 Å². The monoisotopic (exact) mass is 256 g/mol. The fraction of sp³-hybridized carbons (Fsp3) is 0.833. The van der Waals surface area contributed by atoms with Crippen LogP contribution in [-0.4, -0.2) is 42.4 Å². The normalized spacial score (nSPS) is 25.9. The zero-order valence-corrected chi connectivity index (χ0v) is 10.4. The maximum Gasteiger partial charge on any atom is 0.329 e. The molecule has 2 aliphatic rings. The molecule has 2 rings (SSSR count). The second-order valence-corrected chi connectivity index (χ2v) is 5.16. The molecule has 1 aliphatic heterocycles. The average Bonchev–Trinajstić information content (AvgIpc) is 2.97. The van der Waals surface area contributed by atoms with Gasteiger partial charge in [-0.15, -0.1) is 0 Å². The lowest BCUT2D eigenvalue weighted by Gasteiger charge is -2.25. The van der Waals surface area contributed by atoms with E-state index in [1.54, 1.807) is 0 Å². The van der Waals surface area contributed by atoms with Gasteiger partial charge in [-0.25, -0.2) is 9.59 Å². The van der Waals surface area contributed by atoms with Gasteiger partial charge in [0.2, 0.25) is 0 Å². The third-order valence-corrected chi connectivity index (χ3v) is 3.79. The number of urea groups is 1. The van der Waals surface area contributed by atoms with Crippen LogP contribution in [-0.2, 0) is 9.53 Å². The van der Waals surface area contributed by atoms with Crippen LogP contribution in [0.2, 0.25) is 0 Å². The van der Waals surface area contributed by atoms with Crippen LogP contribution in [0, 0.1) is 5.92 Å². The summed E-state index contributed by atoms with van der Waals surface area (Å²) in [5, 5.41) is 14.6. The van der Waals surface area contributed by atoms with E-state index in [4.69, 9.17) is 4.74 Å². The number of carboxylic acid groups (broad SMARTS) is 1. The molecule has 1 saturated heterocycles. The summed E-state index contributed by atoms with van der Waals surface area (Å²) in [4.78, 5) is 23.0. The molecule has 0 bridgehead atoms. The van der Waals surface area contributed by atoms with Crippen molar-refractivity contribution in [2.75, 3.05) is 19.8 Å². The first-order valence-corrected chi connectivity index (χ1v) is 6.49. The zero-order valence-electron chi connectivity index (χ0n) is 10.4. The molecule has 1 saturated carbocycles. The molecule has 0 aromatic carbocycles. The summed E-state index contributed by atoms with van der Waals surface area (Å²) in [6.07, 6.45) is 3.68. The van der Waals surface area contributed by atoms with Gasteiger partial charge in [-0.1, -0.05) is 12.8 Å². The van der Waals surface area contributed by atoms with Crippen molar-refractivity contribution in [2.24, 2.45) is 5.92 Å². The van der Waals surface area contributed by atoms with Gasteiger partial charge in [-0.3, -0.25) is 0 Å². The number of nitrogens with one attached hydrogen (secondary N) is 2. The highest BCUT2D eigenvalue weighted by Crippen LogP contribution is 2.29. The highest BCUT2D eigenvalue weighted by atomic mass is 16.5. The van der Waals surface area contributed by atoms with Gasteiger partial charge in [-0.05, 0) is 19.3 Å². The lowest BCUT2D eigenvalue weighted by Crippen LogP contribution is -2.55. The van der Waals surface area contributed by atoms with Crippen LogP contribution in [0.5, 0.6) is 0 Å². The molecule has 1 unspecified atom stereocenters. The third-order valence-electron chi connectivity index (χ3n) is 3.79. The number of ether oxygens (including phenoxy) is 1. The zero-order chi connectivity index (χ0) is 13.0. The van der Waals surface area contributed by atoms with E-state index in [1.807, 2.05) is 0 Å². The number of carboxylic acids is 1. The van der Waals surface area contributed by atoms with Crippen molar-refractivity contribution in [3.05, 3.63) is 0 Å². The molecule has 3 N–H and O–H groups in total. The van der Waals surface area contributed by atoms with Crippen molar-refractivity contribution in [3.8, 4) is 0 Å². The Balaban J connectivity index is 1.80. The van der Waals surface area contributed by atoms with Crippen LogP contribution in [0.25, 0.3) is 0 Å². The van der Waals surface area contributed by atoms with E-state index >= 15 is 0 Å². The van der Waals surface area contributed by atoms with E-state index in [2.05, 4.69) is 10.6 Å². The van der Waals surface area contributed by atoms with Gasteiger partial charge in [0.15, 0.2) is 0 Å². The Morgan fingerprint density at radius 3 is 2.61 bits per heavy atom. The first-order chi connectivity index (χ1) is 8.62. The van der Waals surface area contributed by atoms with Gasteiger partial charge in [-0.2, -0.15) is 0 Å². The van der Waals surface area contributed by atoms with Crippen molar-refractivity contribution in [2.45, 2.75) is 37.6 Å². The minimum absolute atomic E-state index is 0.347. The molecule has 0 radical (unpaired) electrons. The predicted octanol–water partition coefficient (Wildman–Crippen LogP) is 0.719. The van der Waals surface area contributed by atoms with Gasteiger partial charge in [0.05, 0.1) is 6.61 Å². The Bertz CT molecular complexity index is 320. The molecule has 6 heteroatoms. The van der Waals surface area contributed by atoms with Crippen LogP contribution in [0.1, 0.15) is 32.1 Å². The SMILES string of the molecule is O=C(NCC1CCOC1)NC1(C(=O)O)CCCC1. The molecule has 0 aromatic heterocycles. The molecule has 1 aliphatic carbocycles. The number of hydrogen-bond acceptors (Lipinski definition) is 3. The summed E-state index contributed by atoms with van der Waals surface area (Å²) in [7, 11) is 0. The van der Waals surface area contributed by atoms with Crippen LogP contribution >= 0.6 is 0 Å². The second kappa shape index (κ2) is 5.56. The highest BCUT2D eigenvalue weighted by Gasteiger charge is 2.42. The van der Waals surface area contributed by atoms with E-state index in [9.17, 15) is 14.7 Å². The predicted molar refractivity (Wildman–Crippen MR) is 64.3 cm³/mol. The first kappa shape index (κ1) is 13.1. The molecule has 2 fully saturated rings. The summed E-state index contributed by atoms with van der Waals surface area (Å²) >= 11 is 0. The fourth-order valence-electron chi connectivity index (χ4n) is 2.61. The number of amides is 2. The second-order valence-electron chi connectivity index (χ2n) is 5.16. The standard InChI is InChI=1S/C12H20N2O4/c15-10(16)12(4-1-2-5-12)14-11(17)13-7-9-3-6-18-8-9/h9H,1-8H2,(H,15,16)(H2,13,14,17). The minimum atomic E-state index is -1.06. The van der Waals surface area contributed by atoms with Gasteiger partial charge in [0.1, 0.15) is 5.54 Å². The summed E-state index contributed by atoms with van der Waals surface area (Å²) in [5.74, 6) is -0.584. The minimum Gasteiger partial charge on any atom is -0.480 e. The van der Waals surface area contributed by atoms with Gasteiger partial charge in [0.25, 0.3) is 0 Å². The lowest BCUT2D eigenvalue weighted by molar-refractivity contribution is -0.144. The van der Waals surface area contributed by atoms with Crippen LogP contribution in [0.3, 0.4) is 0 Å². The van der Waals surface area contributed by atoms with Crippen molar-refractivity contribution in [1.82, 2.24) is 10.6 Å². The molecular weight excluding hydrogens is 236 g/mol. The molecule has 6 nitrogen and oxygen atoms in total. The number of aliphatic carboxylic acids is 1. The Morgan fingerprint density at radius 1 is 1.33 bits per heavy atom. The van der Waals surface area contributed by atoms with E-state index in [0.717, 1.165) is 25.9 Å². The van der Waals surface area contributed by atoms with Gasteiger partial charge in [0, 0.05) is 19.1 Å². The number of hydrogen-bond donors (Lipinski definition) is 3. The van der Waals surface area contributed by atoms with Crippen molar-refractivity contribution >= 4 is 12.0 Å². The summed E-state index contributed by atoms with van der Waals surface area (Å²) in [5.41, 5.74) is -1.06. The molecule has 1 atom stereocenters. The number of carbonyl (C=O) groups is 2. The third kappa shape index (κ3) is 2.93. The molecule has 102 valence electrons. The summed E-state index contributed by atoms with van der Waals surface area (Å²) in [6, 6.07) is -0.383. The first-order valence-electron chi connectivity index (χ1n) is 6.49. The van der Waals surface area contributed by atoms with E-state index in [-0.39, 0.29) is 6.03 Å². The molecular formula is C12H20N2O4. The van der Waals surface area contributed by atoms with Gasteiger partial charge < -0.3 is 20.5 Å². The topological polar surface area (TPSA) is 87.7 Å². The molecule has 0 aromatic rings. The number of carbonyl (C=O) groups excluding carboxylic acids is 1. The molecule has 0 spiro atoms. The van der Waals surface area contributed by atoms with Crippen LogP contribution in [0.4, 0.5) is 4.79 Å². The average molecular weight is 256 g/mol. The molecule has 18 heavy (non-hydrogen) atoms. The Hall–Kier alpha value is -1.30. The maximum absolute atomic E-state index is 11.7. The molecule has 1 heterocycles. The van der Waals surface area contributed by atoms with Gasteiger partial charge >= 0.3 is 12.0 Å². The largest absolute Gasteiger partial charge is 0.480 e. The van der Waals surface area contributed by atoms with Crippen molar-refractivity contribution in [1.29, 1.82) is 0 Å². The number of rotatable bonds is 4. The lowest BCUT2D eigenvalue weighted by atomic mass is 9.98. The Labute approximate surface area is 106 Å². The summed E-state index contributed by atoms with van der Waals surface area (Å²) < 4.78 is 5.22. The highest BCUT2D eigenvalue weighted by molar-refractivity contribution is 5.86. The van der Waals surface area contributed by atoms with E-state index in [1.165, 1.54) is 0 Å².